The van der Waals surface area contributed by atoms with Crippen molar-refractivity contribution in [2.75, 3.05) is 25.5 Å². The topological polar surface area (TPSA) is 79.1 Å². The number of aliphatic hydroxyl groups is 1. The fraction of sp³-hybridized carbons (Fsp3) is 0.650. The highest BCUT2D eigenvalue weighted by molar-refractivity contribution is 6.32. The van der Waals surface area contributed by atoms with E-state index in [1.165, 1.54) is 6.20 Å². The molecule has 0 aromatic carbocycles. The maximum Gasteiger partial charge on any atom is 0.250 e. The molecular formula is C20H27ClF2N6O. The van der Waals surface area contributed by atoms with E-state index >= 15 is 0 Å². The van der Waals surface area contributed by atoms with Gasteiger partial charge in [-0.05, 0) is 46.3 Å². The molecule has 164 valence electrons. The largest absolute Gasteiger partial charge is 0.391 e. The third-order valence-electron chi connectivity index (χ3n) is 6.19. The van der Waals surface area contributed by atoms with Crippen LogP contribution < -0.4 is 5.32 Å². The third kappa shape index (κ3) is 4.43. The Hall–Kier alpha value is -1.84. The summed E-state index contributed by atoms with van der Waals surface area (Å²) in [5, 5.41) is 18.1. The lowest BCUT2D eigenvalue weighted by atomic mass is 9.90. The number of hydrogen-bond acceptors (Lipinski definition) is 6. The van der Waals surface area contributed by atoms with E-state index in [0.717, 1.165) is 37.2 Å². The molecule has 0 radical (unpaired) electrons. The van der Waals surface area contributed by atoms with Crippen molar-refractivity contribution in [2.45, 2.75) is 63.1 Å². The van der Waals surface area contributed by atoms with Crippen LogP contribution in [0.4, 0.5) is 14.7 Å². The highest BCUT2D eigenvalue weighted by Gasteiger charge is 2.41. The smallest absolute Gasteiger partial charge is 0.250 e. The molecular weight excluding hydrogens is 414 g/mol. The van der Waals surface area contributed by atoms with E-state index in [9.17, 15) is 13.9 Å². The molecule has 30 heavy (non-hydrogen) atoms. The molecule has 10 heteroatoms. The number of hydrogen-bond donors (Lipinski definition) is 2. The lowest BCUT2D eigenvalue weighted by Gasteiger charge is -2.33. The van der Waals surface area contributed by atoms with Crippen molar-refractivity contribution in [3.63, 3.8) is 0 Å². The van der Waals surface area contributed by atoms with Crippen LogP contribution >= 0.6 is 11.6 Å². The zero-order valence-corrected chi connectivity index (χ0v) is 17.9. The Balaban J connectivity index is 1.54. The predicted octanol–water partition coefficient (Wildman–Crippen LogP) is 3.53. The molecule has 0 spiro atoms. The fourth-order valence-electron chi connectivity index (χ4n) is 4.33. The summed E-state index contributed by atoms with van der Waals surface area (Å²) in [4.78, 5) is 11.0. The molecule has 2 N–H and O–H groups in total. The number of aliphatic hydroxyl groups excluding tert-OH is 1. The van der Waals surface area contributed by atoms with Gasteiger partial charge in [0.1, 0.15) is 0 Å². The van der Waals surface area contributed by atoms with Gasteiger partial charge in [-0.15, -0.1) is 0 Å². The molecule has 1 aliphatic carbocycles. The molecule has 2 aromatic rings. The summed E-state index contributed by atoms with van der Waals surface area (Å²) in [7, 11) is 2.12. The summed E-state index contributed by atoms with van der Waals surface area (Å²) in [6.07, 6.45) is 3.47. The van der Waals surface area contributed by atoms with Crippen molar-refractivity contribution < 1.29 is 13.9 Å². The predicted molar refractivity (Wildman–Crippen MR) is 111 cm³/mol. The average molecular weight is 441 g/mol. The minimum absolute atomic E-state index is 0.141. The van der Waals surface area contributed by atoms with Crippen LogP contribution in [0.3, 0.4) is 0 Å². The molecule has 2 aliphatic rings. The first-order valence-electron chi connectivity index (χ1n) is 10.3. The van der Waals surface area contributed by atoms with Crippen LogP contribution in [0, 0.1) is 6.92 Å². The van der Waals surface area contributed by atoms with Gasteiger partial charge in [0.2, 0.25) is 5.95 Å². The van der Waals surface area contributed by atoms with Gasteiger partial charge in [-0.1, -0.05) is 11.6 Å². The Morgan fingerprint density at radius 3 is 2.67 bits per heavy atom. The van der Waals surface area contributed by atoms with E-state index in [1.54, 1.807) is 6.20 Å². The van der Waals surface area contributed by atoms with E-state index in [4.69, 9.17) is 11.6 Å². The van der Waals surface area contributed by atoms with Crippen LogP contribution in [-0.2, 0) is 0 Å². The molecule has 0 bridgehead atoms. The van der Waals surface area contributed by atoms with Crippen LogP contribution in [0.15, 0.2) is 12.4 Å². The van der Waals surface area contributed by atoms with Crippen LogP contribution in [0.1, 0.15) is 43.8 Å². The molecule has 7 nitrogen and oxygen atoms in total. The van der Waals surface area contributed by atoms with Gasteiger partial charge < -0.3 is 15.3 Å². The number of halogens is 3. The Morgan fingerprint density at radius 1 is 1.23 bits per heavy atom. The van der Waals surface area contributed by atoms with Crippen LogP contribution in [0.2, 0.25) is 5.02 Å². The number of rotatable bonds is 4. The molecule has 2 aromatic heterocycles. The number of aromatic nitrogens is 4. The maximum atomic E-state index is 13.5. The first-order chi connectivity index (χ1) is 14.2. The zero-order chi connectivity index (χ0) is 21.5. The second kappa shape index (κ2) is 8.36. The second-order valence-corrected chi connectivity index (χ2v) is 8.84. The number of nitrogens with zero attached hydrogens (tertiary/aromatic N) is 5. The Labute approximate surface area is 179 Å². The second-order valence-electron chi connectivity index (χ2n) is 8.43. The SMILES string of the molecule is Cc1c(-c2nc(NC3CCC(F)(F)CC3O)ncc2Cl)cnn1C1CCN(C)CC1. The quantitative estimate of drug-likeness (QED) is 0.757. The summed E-state index contributed by atoms with van der Waals surface area (Å²) in [6, 6.07) is -0.186. The van der Waals surface area contributed by atoms with Gasteiger partial charge in [0, 0.05) is 24.1 Å². The number of nitrogens with one attached hydrogen (secondary N) is 1. The van der Waals surface area contributed by atoms with Crippen LogP contribution in [0.25, 0.3) is 11.3 Å². The molecule has 2 unspecified atom stereocenters. The van der Waals surface area contributed by atoms with Crippen molar-refractivity contribution in [3.05, 3.63) is 23.1 Å². The van der Waals surface area contributed by atoms with Crippen molar-refractivity contribution in [2.24, 2.45) is 0 Å². The molecule has 1 saturated carbocycles. The van der Waals surface area contributed by atoms with E-state index in [-0.39, 0.29) is 18.8 Å². The standard InChI is InChI=1S/C20H27ClF2N6O/c1-12-14(10-25-29(12)13-4-7-28(2)8-5-13)18-15(21)11-24-19(27-18)26-16-3-6-20(22,23)9-17(16)30/h10-11,13,16-17,30H,3-9H2,1-2H3,(H,24,26,27). The zero-order valence-electron chi connectivity index (χ0n) is 17.2. The molecule has 1 aliphatic heterocycles. The summed E-state index contributed by atoms with van der Waals surface area (Å²) < 4.78 is 29.0. The number of alkyl halides is 2. The number of piperidine rings is 1. The van der Waals surface area contributed by atoms with Crippen molar-refractivity contribution in [1.29, 1.82) is 0 Å². The van der Waals surface area contributed by atoms with E-state index < -0.39 is 24.5 Å². The molecule has 2 fully saturated rings. The molecule has 3 heterocycles. The Morgan fingerprint density at radius 2 is 1.97 bits per heavy atom. The van der Waals surface area contributed by atoms with E-state index in [1.807, 2.05) is 11.6 Å². The van der Waals surface area contributed by atoms with Crippen LogP contribution in [0.5, 0.6) is 0 Å². The van der Waals surface area contributed by atoms with Crippen molar-refractivity contribution in [1.82, 2.24) is 24.6 Å². The van der Waals surface area contributed by atoms with Gasteiger partial charge >= 0.3 is 0 Å². The van der Waals surface area contributed by atoms with Gasteiger partial charge in [0.25, 0.3) is 5.92 Å². The molecule has 0 amide bonds. The normalized spacial score (nSPS) is 25.4. The Kier molecular flexibility index (Phi) is 5.96. The summed E-state index contributed by atoms with van der Waals surface area (Å²) in [5.74, 6) is -2.57. The van der Waals surface area contributed by atoms with Crippen molar-refractivity contribution >= 4 is 17.5 Å². The average Bonchev–Trinajstić information content (AvgIpc) is 3.07. The summed E-state index contributed by atoms with van der Waals surface area (Å²) in [6.45, 7) is 4.06. The highest BCUT2D eigenvalue weighted by atomic mass is 35.5. The minimum Gasteiger partial charge on any atom is -0.391 e. The monoisotopic (exact) mass is 440 g/mol. The van der Waals surface area contributed by atoms with Gasteiger partial charge in [-0.2, -0.15) is 5.10 Å². The highest BCUT2D eigenvalue weighted by Crippen LogP contribution is 2.35. The molecule has 1 saturated heterocycles. The first kappa shape index (κ1) is 21.4. The number of anilines is 1. The van der Waals surface area contributed by atoms with Crippen molar-refractivity contribution in [3.8, 4) is 11.3 Å². The maximum absolute atomic E-state index is 13.5. The van der Waals surface area contributed by atoms with Crippen LogP contribution in [-0.4, -0.2) is 68.0 Å². The Bertz CT molecular complexity index is 899. The van der Waals surface area contributed by atoms with Gasteiger partial charge in [0.05, 0.1) is 41.3 Å². The third-order valence-corrected chi connectivity index (χ3v) is 6.46. The van der Waals surface area contributed by atoms with Gasteiger partial charge in [-0.3, -0.25) is 4.68 Å². The fourth-order valence-corrected chi connectivity index (χ4v) is 4.53. The number of likely N-dealkylation sites (tertiary alicyclic amines) is 1. The van der Waals surface area contributed by atoms with E-state index in [2.05, 4.69) is 32.3 Å². The minimum atomic E-state index is -2.83. The molecule has 4 rings (SSSR count). The first-order valence-corrected chi connectivity index (χ1v) is 10.7. The summed E-state index contributed by atoms with van der Waals surface area (Å²) in [5.41, 5.74) is 2.34. The summed E-state index contributed by atoms with van der Waals surface area (Å²) >= 11 is 6.38. The lowest BCUT2D eigenvalue weighted by molar-refractivity contribution is -0.0800. The lowest BCUT2D eigenvalue weighted by Crippen LogP contribution is -2.44. The molecule has 2 atom stereocenters. The van der Waals surface area contributed by atoms with Gasteiger partial charge in [0.15, 0.2) is 0 Å². The van der Waals surface area contributed by atoms with E-state index in [0.29, 0.717) is 16.8 Å². The van der Waals surface area contributed by atoms with Gasteiger partial charge in [-0.25, -0.2) is 18.7 Å².